The van der Waals surface area contributed by atoms with Crippen LogP contribution in [0.5, 0.6) is 0 Å². The van der Waals surface area contributed by atoms with Crippen LogP contribution in [-0.4, -0.2) is 50.2 Å². The van der Waals surface area contributed by atoms with Gasteiger partial charge in [-0.25, -0.2) is 0 Å². The standard InChI is InChI=1S/C23H31N3O2/c1-4-19-5-7-20(8-6-19)17-25(3)18(2)23(27)24-21-9-11-22(12-10-21)26-13-15-28-16-14-26/h5-12,18H,4,13-17H2,1-3H3,(H,24,27)/t18-/m0/s1. The Hall–Kier alpha value is -2.37. The molecule has 2 aromatic carbocycles. The highest BCUT2D eigenvalue weighted by atomic mass is 16.5. The van der Waals surface area contributed by atoms with Crippen molar-refractivity contribution in [3.8, 4) is 0 Å². The lowest BCUT2D eigenvalue weighted by atomic mass is 10.1. The number of carbonyl (C=O) groups excluding carboxylic acids is 1. The third-order valence-corrected chi connectivity index (χ3v) is 5.41. The molecule has 2 aromatic rings. The smallest absolute Gasteiger partial charge is 0.241 e. The van der Waals surface area contributed by atoms with E-state index in [-0.39, 0.29) is 11.9 Å². The first-order chi connectivity index (χ1) is 13.6. The van der Waals surface area contributed by atoms with Gasteiger partial charge in [0.05, 0.1) is 19.3 Å². The van der Waals surface area contributed by atoms with Crippen molar-refractivity contribution in [2.45, 2.75) is 32.9 Å². The summed E-state index contributed by atoms with van der Waals surface area (Å²) in [4.78, 5) is 17.0. The van der Waals surface area contributed by atoms with E-state index in [2.05, 4.69) is 58.4 Å². The van der Waals surface area contributed by atoms with E-state index >= 15 is 0 Å². The van der Waals surface area contributed by atoms with Crippen molar-refractivity contribution in [2.24, 2.45) is 0 Å². The summed E-state index contributed by atoms with van der Waals surface area (Å²) >= 11 is 0. The summed E-state index contributed by atoms with van der Waals surface area (Å²) < 4.78 is 5.40. The van der Waals surface area contributed by atoms with Crippen molar-refractivity contribution in [1.29, 1.82) is 0 Å². The Balaban J connectivity index is 1.53. The number of nitrogens with zero attached hydrogens (tertiary/aromatic N) is 2. The number of anilines is 2. The summed E-state index contributed by atoms with van der Waals surface area (Å²) in [6, 6.07) is 16.4. The van der Waals surface area contributed by atoms with Gasteiger partial charge in [0.25, 0.3) is 0 Å². The van der Waals surface area contributed by atoms with Crippen molar-refractivity contribution in [3.63, 3.8) is 0 Å². The number of benzene rings is 2. The van der Waals surface area contributed by atoms with Crippen LogP contribution in [-0.2, 0) is 22.5 Å². The van der Waals surface area contributed by atoms with Crippen LogP contribution < -0.4 is 10.2 Å². The molecule has 1 N–H and O–H groups in total. The van der Waals surface area contributed by atoms with E-state index in [9.17, 15) is 4.79 Å². The van der Waals surface area contributed by atoms with Crippen LogP contribution in [0.3, 0.4) is 0 Å². The lowest BCUT2D eigenvalue weighted by Gasteiger charge is -2.29. The molecule has 150 valence electrons. The zero-order valence-corrected chi connectivity index (χ0v) is 17.1. The number of hydrogen-bond acceptors (Lipinski definition) is 4. The summed E-state index contributed by atoms with van der Waals surface area (Å²) in [5, 5.41) is 3.03. The van der Waals surface area contributed by atoms with Crippen molar-refractivity contribution < 1.29 is 9.53 Å². The van der Waals surface area contributed by atoms with Gasteiger partial charge in [-0.2, -0.15) is 0 Å². The Morgan fingerprint density at radius 3 is 2.29 bits per heavy atom. The van der Waals surface area contributed by atoms with Gasteiger partial charge in [-0.1, -0.05) is 31.2 Å². The van der Waals surface area contributed by atoms with E-state index in [0.717, 1.165) is 45.0 Å². The van der Waals surface area contributed by atoms with Gasteiger partial charge in [-0.3, -0.25) is 9.69 Å². The predicted octanol–water partition coefficient (Wildman–Crippen LogP) is 3.54. The molecule has 3 rings (SSSR count). The van der Waals surface area contributed by atoms with Gasteiger partial charge in [0, 0.05) is 31.0 Å². The number of hydrogen-bond donors (Lipinski definition) is 1. The van der Waals surface area contributed by atoms with E-state index in [1.807, 2.05) is 26.1 Å². The van der Waals surface area contributed by atoms with Crippen LogP contribution in [0.1, 0.15) is 25.0 Å². The van der Waals surface area contributed by atoms with E-state index in [0.29, 0.717) is 0 Å². The molecule has 5 nitrogen and oxygen atoms in total. The highest BCUT2D eigenvalue weighted by molar-refractivity contribution is 5.94. The number of amides is 1. The third-order valence-electron chi connectivity index (χ3n) is 5.41. The van der Waals surface area contributed by atoms with Crippen LogP contribution >= 0.6 is 0 Å². The molecule has 1 aliphatic rings. The summed E-state index contributed by atoms with van der Waals surface area (Å²) in [6.07, 6.45) is 1.04. The first-order valence-electron chi connectivity index (χ1n) is 10.1. The maximum Gasteiger partial charge on any atom is 0.241 e. The number of likely N-dealkylation sites (N-methyl/N-ethyl adjacent to an activating group) is 1. The number of nitrogens with one attached hydrogen (secondary N) is 1. The normalized spacial score (nSPS) is 15.5. The fourth-order valence-corrected chi connectivity index (χ4v) is 3.33. The van der Waals surface area contributed by atoms with Crippen LogP contribution in [0.4, 0.5) is 11.4 Å². The molecule has 0 bridgehead atoms. The topological polar surface area (TPSA) is 44.8 Å². The van der Waals surface area contributed by atoms with E-state index in [1.165, 1.54) is 16.8 Å². The van der Waals surface area contributed by atoms with E-state index < -0.39 is 0 Å². The molecule has 1 fully saturated rings. The number of ether oxygens (including phenoxy) is 1. The number of rotatable bonds is 7. The van der Waals surface area contributed by atoms with Crippen LogP contribution in [0.25, 0.3) is 0 Å². The minimum Gasteiger partial charge on any atom is -0.378 e. The molecule has 0 spiro atoms. The fourth-order valence-electron chi connectivity index (χ4n) is 3.33. The van der Waals surface area contributed by atoms with Crippen molar-refractivity contribution in [3.05, 3.63) is 59.7 Å². The van der Waals surface area contributed by atoms with Crippen molar-refractivity contribution in [2.75, 3.05) is 43.6 Å². The van der Waals surface area contributed by atoms with Gasteiger partial charge in [0.15, 0.2) is 0 Å². The highest BCUT2D eigenvalue weighted by Gasteiger charge is 2.18. The summed E-state index contributed by atoms with van der Waals surface area (Å²) in [5.74, 6) is 0.00630. The molecule has 1 atom stereocenters. The van der Waals surface area contributed by atoms with Gasteiger partial charge in [0.1, 0.15) is 0 Å². The molecule has 28 heavy (non-hydrogen) atoms. The molecule has 1 amide bonds. The molecule has 0 radical (unpaired) electrons. The van der Waals surface area contributed by atoms with Gasteiger partial charge in [0.2, 0.25) is 5.91 Å². The number of aryl methyl sites for hydroxylation is 1. The van der Waals surface area contributed by atoms with Crippen LogP contribution in [0.15, 0.2) is 48.5 Å². The number of carbonyl (C=O) groups is 1. The van der Waals surface area contributed by atoms with Gasteiger partial charge in [-0.15, -0.1) is 0 Å². The highest BCUT2D eigenvalue weighted by Crippen LogP contribution is 2.19. The maximum absolute atomic E-state index is 12.7. The predicted molar refractivity (Wildman–Crippen MR) is 115 cm³/mol. The Morgan fingerprint density at radius 2 is 1.68 bits per heavy atom. The minimum absolute atomic E-state index is 0.00630. The Kier molecular flexibility index (Phi) is 7.06. The molecule has 0 unspecified atom stereocenters. The Morgan fingerprint density at radius 1 is 1.07 bits per heavy atom. The molecule has 1 heterocycles. The average molecular weight is 382 g/mol. The monoisotopic (exact) mass is 381 g/mol. The SMILES string of the molecule is CCc1ccc(CN(C)[C@@H](C)C(=O)Nc2ccc(N3CCOCC3)cc2)cc1. The zero-order chi connectivity index (χ0) is 19.9. The van der Waals surface area contributed by atoms with Gasteiger partial charge >= 0.3 is 0 Å². The molecule has 1 aliphatic heterocycles. The largest absolute Gasteiger partial charge is 0.378 e. The van der Waals surface area contributed by atoms with Crippen LogP contribution in [0, 0.1) is 0 Å². The maximum atomic E-state index is 12.7. The first-order valence-corrected chi connectivity index (χ1v) is 10.1. The van der Waals surface area contributed by atoms with Crippen molar-refractivity contribution >= 4 is 17.3 Å². The quantitative estimate of drug-likeness (QED) is 0.797. The first kappa shape index (κ1) is 20.4. The Bertz CT molecular complexity index is 752. The Labute approximate surface area is 168 Å². The average Bonchev–Trinajstić information content (AvgIpc) is 2.74. The second kappa shape index (κ2) is 9.71. The lowest BCUT2D eigenvalue weighted by molar-refractivity contribution is -0.120. The van der Waals surface area contributed by atoms with Gasteiger partial charge in [-0.05, 0) is 55.8 Å². The second-order valence-corrected chi connectivity index (χ2v) is 7.40. The second-order valence-electron chi connectivity index (χ2n) is 7.40. The summed E-state index contributed by atoms with van der Waals surface area (Å²) in [7, 11) is 1.99. The molecular formula is C23H31N3O2. The molecule has 0 aliphatic carbocycles. The number of morpholine rings is 1. The zero-order valence-electron chi connectivity index (χ0n) is 17.1. The molecule has 1 saturated heterocycles. The van der Waals surface area contributed by atoms with Gasteiger partial charge < -0.3 is 15.0 Å². The summed E-state index contributed by atoms with van der Waals surface area (Å²) in [6.45, 7) is 8.19. The van der Waals surface area contributed by atoms with Crippen LogP contribution in [0.2, 0.25) is 0 Å². The molecule has 0 aromatic heterocycles. The fraction of sp³-hybridized carbons (Fsp3) is 0.435. The molecule has 0 saturated carbocycles. The molecule has 5 heteroatoms. The van der Waals surface area contributed by atoms with Crippen molar-refractivity contribution in [1.82, 2.24) is 4.90 Å². The lowest BCUT2D eigenvalue weighted by Crippen LogP contribution is -2.39. The van der Waals surface area contributed by atoms with E-state index in [4.69, 9.17) is 4.74 Å². The summed E-state index contributed by atoms with van der Waals surface area (Å²) in [5.41, 5.74) is 4.54. The minimum atomic E-state index is -0.218. The van der Waals surface area contributed by atoms with E-state index in [1.54, 1.807) is 0 Å². The third kappa shape index (κ3) is 5.33. The molecular weight excluding hydrogens is 350 g/mol.